The van der Waals surface area contributed by atoms with Crippen molar-refractivity contribution in [2.24, 2.45) is 0 Å². The van der Waals surface area contributed by atoms with Crippen LogP contribution in [-0.4, -0.2) is 44.7 Å². The molecule has 0 aliphatic heterocycles. The molecule has 5 heteroatoms. The molecule has 0 saturated carbocycles. The van der Waals surface area contributed by atoms with E-state index in [2.05, 4.69) is 6.92 Å². The molecule has 0 fully saturated rings. The Morgan fingerprint density at radius 3 is 2.13 bits per heavy atom. The molecule has 0 aliphatic carbocycles. The number of aliphatic hydroxyl groups excluding tert-OH is 3. The summed E-state index contributed by atoms with van der Waals surface area (Å²) in [5, 5.41) is 37.9. The lowest BCUT2D eigenvalue weighted by atomic mass is 10.0. The van der Waals surface area contributed by atoms with Crippen molar-refractivity contribution in [3.63, 3.8) is 0 Å². The van der Waals surface area contributed by atoms with Gasteiger partial charge >= 0.3 is 5.97 Å². The van der Waals surface area contributed by atoms with Gasteiger partial charge in [0.1, 0.15) is 0 Å². The van der Waals surface area contributed by atoms with Crippen LogP contribution in [0.4, 0.5) is 0 Å². The number of carbonyl (C=O) groups is 1. The zero-order valence-corrected chi connectivity index (χ0v) is 14.4. The van der Waals surface area contributed by atoms with Crippen LogP contribution in [0.2, 0.25) is 0 Å². The maximum atomic E-state index is 10.4. The van der Waals surface area contributed by atoms with Crippen LogP contribution in [0.15, 0.2) is 12.2 Å². The Labute approximate surface area is 140 Å². The average molecular weight is 330 g/mol. The zero-order valence-electron chi connectivity index (χ0n) is 14.4. The third-order valence-corrected chi connectivity index (χ3v) is 3.92. The van der Waals surface area contributed by atoms with Crippen LogP contribution in [0.3, 0.4) is 0 Å². The van der Waals surface area contributed by atoms with Crippen molar-refractivity contribution in [2.75, 3.05) is 0 Å². The normalized spacial score (nSPS) is 15.7. The highest BCUT2D eigenvalue weighted by atomic mass is 16.4. The van der Waals surface area contributed by atoms with Gasteiger partial charge in [-0.3, -0.25) is 4.79 Å². The van der Waals surface area contributed by atoms with Crippen LogP contribution in [0, 0.1) is 0 Å². The fraction of sp³-hybridized carbons (Fsp3) is 0.833. The molecule has 136 valence electrons. The van der Waals surface area contributed by atoms with Gasteiger partial charge in [-0.25, -0.2) is 0 Å². The molecular formula is C18H34O5. The number of aliphatic hydroxyl groups is 3. The van der Waals surface area contributed by atoms with E-state index in [4.69, 9.17) is 5.11 Å². The van der Waals surface area contributed by atoms with Crippen LogP contribution in [0.1, 0.15) is 77.6 Å². The summed E-state index contributed by atoms with van der Waals surface area (Å²) in [6.07, 6.45) is 9.55. The Bertz CT molecular complexity index is 317. The second-order valence-electron chi connectivity index (χ2n) is 6.21. The lowest BCUT2D eigenvalue weighted by Crippen LogP contribution is -2.24. The fourth-order valence-corrected chi connectivity index (χ4v) is 2.40. The molecule has 3 atom stereocenters. The Balaban J connectivity index is 3.68. The van der Waals surface area contributed by atoms with Gasteiger partial charge in [-0.2, -0.15) is 0 Å². The van der Waals surface area contributed by atoms with Gasteiger partial charge in [0.25, 0.3) is 0 Å². The minimum absolute atomic E-state index is 0.215. The van der Waals surface area contributed by atoms with E-state index in [1.165, 1.54) is 6.08 Å². The van der Waals surface area contributed by atoms with Gasteiger partial charge in [-0.1, -0.05) is 64.0 Å². The first-order valence-corrected chi connectivity index (χ1v) is 8.91. The third-order valence-electron chi connectivity index (χ3n) is 3.92. The quantitative estimate of drug-likeness (QED) is 0.273. The summed E-state index contributed by atoms with van der Waals surface area (Å²) in [7, 11) is 0. The summed E-state index contributed by atoms with van der Waals surface area (Å²) in [4.78, 5) is 10.4. The van der Waals surface area contributed by atoms with Crippen molar-refractivity contribution >= 4 is 5.97 Å². The van der Waals surface area contributed by atoms with Gasteiger partial charge in [0, 0.05) is 6.42 Å². The largest absolute Gasteiger partial charge is 0.481 e. The minimum atomic E-state index is -0.942. The molecule has 0 spiro atoms. The molecule has 0 heterocycles. The topological polar surface area (TPSA) is 98.0 Å². The molecular weight excluding hydrogens is 296 g/mol. The van der Waals surface area contributed by atoms with Crippen molar-refractivity contribution in [1.82, 2.24) is 0 Å². The SMILES string of the molecule is CCCCC[C@H](O)C=C[C@H](O)[C@@H](O)CCCCCCCC(=O)O. The number of rotatable bonds is 15. The summed E-state index contributed by atoms with van der Waals surface area (Å²) in [5.41, 5.74) is 0. The van der Waals surface area contributed by atoms with Crippen LogP contribution >= 0.6 is 0 Å². The van der Waals surface area contributed by atoms with Crippen LogP contribution < -0.4 is 0 Å². The van der Waals surface area contributed by atoms with Crippen molar-refractivity contribution < 1.29 is 25.2 Å². The molecule has 4 N–H and O–H groups in total. The average Bonchev–Trinajstić information content (AvgIpc) is 2.51. The maximum Gasteiger partial charge on any atom is 0.303 e. The number of unbranched alkanes of at least 4 members (excludes halogenated alkanes) is 6. The van der Waals surface area contributed by atoms with E-state index in [9.17, 15) is 20.1 Å². The number of hydrogen-bond donors (Lipinski definition) is 4. The van der Waals surface area contributed by atoms with Gasteiger partial charge in [-0.05, 0) is 19.3 Å². The van der Waals surface area contributed by atoms with Gasteiger partial charge in [0.2, 0.25) is 0 Å². The van der Waals surface area contributed by atoms with Gasteiger partial charge in [-0.15, -0.1) is 0 Å². The molecule has 0 aromatic rings. The Morgan fingerprint density at radius 2 is 1.48 bits per heavy atom. The zero-order chi connectivity index (χ0) is 17.5. The van der Waals surface area contributed by atoms with E-state index in [-0.39, 0.29) is 6.42 Å². The summed E-state index contributed by atoms with van der Waals surface area (Å²) in [6.45, 7) is 2.11. The smallest absolute Gasteiger partial charge is 0.303 e. The maximum absolute atomic E-state index is 10.4. The molecule has 0 aromatic carbocycles. The Hall–Kier alpha value is -0.910. The highest BCUT2D eigenvalue weighted by Gasteiger charge is 2.13. The van der Waals surface area contributed by atoms with E-state index in [0.717, 1.165) is 44.9 Å². The summed E-state index contributed by atoms with van der Waals surface area (Å²) < 4.78 is 0. The van der Waals surface area contributed by atoms with Crippen molar-refractivity contribution in [3.8, 4) is 0 Å². The highest BCUT2D eigenvalue weighted by molar-refractivity contribution is 5.66. The standard InChI is InChI=1S/C18H34O5/c1-2-3-7-10-15(19)13-14-17(21)16(20)11-8-5-4-6-9-12-18(22)23/h13-17,19-21H,2-12H2,1H3,(H,22,23)/t15-,16-,17-/m0/s1. The van der Waals surface area contributed by atoms with E-state index >= 15 is 0 Å². The number of carboxylic acids is 1. The first-order valence-electron chi connectivity index (χ1n) is 8.91. The molecule has 23 heavy (non-hydrogen) atoms. The Morgan fingerprint density at radius 1 is 0.870 bits per heavy atom. The lowest BCUT2D eigenvalue weighted by Gasteiger charge is -2.15. The fourth-order valence-electron chi connectivity index (χ4n) is 2.40. The second kappa shape index (κ2) is 14.7. The summed E-state index contributed by atoms with van der Waals surface area (Å²) in [5.74, 6) is -0.757. The monoisotopic (exact) mass is 330 g/mol. The van der Waals surface area contributed by atoms with Crippen molar-refractivity contribution in [1.29, 1.82) is 0 Å². The van der Waals surface area contributed by atoms with Crippen LogP contribution in [0.5, 0.6) is 0 Å². The summed E-state index contributed by atoms with van der Waals surface area (Å²) in [6, 6.07) is 0. The van der Waals surface area contributed by atoms with Gasteiger partial charge in [0.15, 0.2) is 0 Å². The number of carboxylic acid groups (broad SMARTS) is 1. The van der Waals surface area contributed by atoms with Crippen LogP contribution in [-0.2, 0) is 4.79 Å². The van der Waals surface area contributed by atoms with Crippen molar-refractivity contribution in [3.05, 3.63) is 12.2 Å². The highest BCUT2D eigenvalue weighted by Crippen LogP contribution is 2.12. The van der Waals surface area contributed by atoms with E-state index in [1.54, 1.807) is 6.08 Å². The Kier molecular flexibility index (Phi) is 14.1. The predicted molar refractivity (Wildman–Crippen MR) is 91.3 cm³/mol. The van der Waals surface area contributed by atoms with E-state index in [0.29, 0.717) is 19.3 Å². The number of aliphatic carboxylic acids is 1. The first-order chi connectivity index (χ1) is 11.0. The minimum Gasteiger partial charge on any atom is -0.481 e. The second-order valence-corrected chi connectivity index (χ2v) is 6.21. The molecule has 0 amide bonds. The molecule has 5 nitrogen and oxygen atoms in total. The van der Waals surface area contributed by atoms with E-state index < -0.39 is 24.3 Å². The molecule has 0 bridgehead atoms. The molecule has 0 radical (unpaired) electrons. The van der Waals surface area contributed by atoms with Crippen molar-refractivity contribution in [2.45, 2.75) is 95.9 Å². The van der Waals surface area contributed by atoms with Gasteiger partial charge in [0.05, 0.1) is 18.3 Å². The molecule has 0 aliphatic rings. The predicted octanol–water partition coefficient (Wildman–Crippen LogP) is 3.02. The molecule has 0 unspecified atom stereocenters. The van der Waals surface area contributed by atoms with Gasteiger partial charge < -0.3 is 20.4 Å². The summed E-state index contributed by atoms with van der Waals surface area (Å²) >= 11 is 0. The van der Waals surface area contributed by atoms with Crippen LogP contribution in [0.25, 0.3) is 0 Å². The first kappa shape index (κ1) is 22.1. The van der Waals surface area contributed by atoms with E-state index in [1.807, 2.05) is 0 Å². The lowest BCUT2D eigenvalue weighted by molar-refractivity contribution is -0.137. The molecule has 0 rings (SSSR count). The number of hydrogen-bond acceptors (Lipinski definition) is 4. The molecule has 0 aromatic heterocycles. The third kappa shape index (κ3) is 14.4. The molecule has 0 saturated heterocycles.